The maximum Gasteiger partial charge on any atom is 0.307 e. The second-order valence-electron chi connectivity index (χ2n) is 4.50. The minimum atomic E-state index is -0.547. The number of hydrogen-bond donors (Lipinski definition) is 1. The third-order valence-electron chi connectivity index (χ3n) is 3.01. The Morgan fingerprint density at radius 2 is 1.91 bits per heavy atom. The lowest BCUT2D eigenvalue weighted by Crippen LogP contribution is -2.34. The summed E-state index contributed by atoms with van der Waals surface area (Å²) in [5, 5.41) is 19.5. The minimum absolute atomic E-state index is 0.0423. The van der Waals surface area contributed by atoms with Gasteiger partial charge in [-0.15, -0.1) is 0 Å². The number of amides is 1. The van der Waals surface area contributed by atoms with E-state index in [4.69, 9.17) is 5.11 Å². The first-order chi connectivity index (χ1) is 10.5. The molecule has 0 spiro atoms. The highest BCUT2D eigenvalue weighted by Gasteiger charge is 2.17. The molecule has 0 aliphatic rings. The number of aliphatic hydroxyl groups is 1. The number of benzene rings is 1. The van der Waals surface area contributed by atoms with Gasteiger partial charge in [-0.3, -0.25) is 19.7 Å². The van der Waals surface area contributed by atoms with Crippen molar-refractivity contribution in [1.82, 2.24) is 4.90 Å². The molecule has 1 N–H and O–H groups in total. The van der Waals surface area contributed by atoms with Crippen molar-refractivity contribution in [2.45, 2.75) is 12.8 Å². The van der Waals surface area contributed by atoms with E-state index in [-0.39, 0.29) is 43.3 Å². The standard InChI is InChI=1S/C14H18N2O6/c1-22-13(18)7-9-15(8-2-10-17)14(19)11-3-5-12(6-4-11)16(20)21/h3-6,17H,2,7-10H2,1H3. The Hall–Kier alpha value is -2.48. The van der Waals surface area contributed by atoms with Gasteiger partial charge in [0.25, 0.3) is 11.6 Å². The molecule has 0 fully saturated rings. The second-order valence-corrected chi connectivity index (χ2v) is 4.50. The van der Waals surface area contributed by atoms with Crippen molar-refractivity contribution >= 4 is 17.6 Å². The van der Waals surface area contributed by atoms with E-state index in [9.17, 15) is 19.7 Å². The molecule has 120 valence electrons. The number of hydrogen-bond acceptors (Lipinski definition) is 6. The molecule has 0 heterocycles. The summed E-state index contributed by atoms with van der Waals surface area (Å²) in [6.45, 7) is 0.355. The van der Waals surface area contributed by atoms with Crippen LogP contribution in [-0.4, -0.2) is 53.6 Å². The number of methoxy groups -OCH3 is 1. The van der Waals surface area contributed by atoms with Crippen molar-refractivity contribution in [2.75, 3.05) is 26.8 Å². The highest BCUT2D eigenvalue weighted by Crippen LogP contribution is 2.14. The number of non-ortho nitro benzene ring substituents is 1. The number of rotatable bonds is 8. The number of carbonyl (C=O) groups excluding carboxylic acids is 2. The monoisotopic (exact) mass is 310 g/mol. The van der Waals surface area contributed by atoms with E-state index in [2.05, 4.69) is 4.74 Å². The highest BCUT2D eigenvalue weighted by atomic mass is 16.6. The summed E-state index contributed by atoms with van der Waals surface area (Å²) < 4.78 is 4.53. The van der Waals surface area contributed by atoms with Crippen molar-refractivity contribution in [3.8, 4) is 0 Å². The van der Waals surface area contributed by atoms with Crippen LogP contribution in [0, 0.1) is 10.1 Å². The van der Waals surface area contributed by atoms with E-state index in [1.165, 1.54) is 36.3 Å². The third kappa shape index (κ3) is 5.13. The van der Waals surface area contributed by atoms with Gasteiger partial charge < -0.3 is 14.7 Å². The van der Waals surface area contributed by atoms with Crippen LogP contribution in [-0.2, 0) is 9.53 Å². The third-order valence-corrected chi connectivity index (χ3v) is 3.01. The first kappa shape index (κ1) is 17.6. The number of esters is 1. The Labute approximate surface area is 127 Å². The molecule has 8 nitrogen and oxygen atoms in total. The lowest BCUT2D eigenvalue weighted by molar-refractivity contribution is -0.384. The SMILES string of the molecule is COC(=O)CCN(CCCO)C(=O)c1ccc([N+](=O)[O-])cc1. The van der Waals surface area contributed by atoms with Gasteiger partial charge in [0.05, 0.1) is 18.5 Å². The van der Waals surface area contributed by atoms with Crippen molar-refractivity contribution < 1.29 is 24.4 Å². The zero-order chi connectivity index (χ0) is 16.5. The minimum Gasteiger partial charge on any atom is -0.469 e. The summed E-state index contributed by atoms with van der Waals surface area (Å²) in [6, 6.07) is 5.23. The predicted molar refractivity (Wildman–Crippen MR) is 77.3 cm³/mol. The molecule has 0 bridgehead atoms. The van der Waals surface area contributed by atoms with Crippen molar-refractivity contribution in [1.29, 1.82) is 0 Å². The van der Waals surface area contributed by atoms with Crippen molar-refractivity contribution in [3.05, 3.63) is 39.9 Å². The largest absolute Gasteiger partial charge is 0.469 e. The average Bonchev–Trinajstić information content (AvgIpc) is 2.54. The molecule has 1 rings (SSSR count). The van der Waals surface area contributed by atoms with Gasteiger partial charge in [0.15, 0.2) is 0 Å². The van der Waals surface area contributed by atoms with E-state index < -0.39 is 10.9 Å². The topological polar surface area (TPSA) is 110 Å². The van der Waals surface area contributed by atoms with Crippen LogP contribution in [0.3, 0.4) is 0 Å². The molecule has 0 saturated heterocycles. The Balaban J connectivity index is 2.80. The van der Waals surface area contributed by atoms with Gasteiger partial charge in [-0.25, -0.2) is 0 Å². The smallest absolute Gasteiger partial charge is 0.307 e. The van der Waals surface area contributed by atoms with Gasteiger partial charge in [-0.05, 0) is 18.6 Å². The van der Waals surface area contributed by atoms with Crippen molar-refractivity contribution in [2.24, 2.45) is 0 Å². The quantitative estimate of drug-likeness (QED) is 0.435. The average molecular weight is 310 g/mol. The number of ether oxygens (including phenoxy) is 1. The van der Waals surface area contributed by atoms with Gasteiger partial charge >= 0.3 is 5.97 Å². The number of nitro groups is 1. The summed E-state index contributed by atoms with van der Waals surface area (Å²) in [4.78, 5) is 35.0. The molecular weight excluding hydrogens is 292 g/mol. The lowest BCUT2D eigenvalue weighted by Gasteiger charge is -2.22. The zero-order valence-corrected chi connectivity index (χ0v) is 12.2. The molecule has 0 atom stereocenters. The Morgan fingerprint density at radius 1 is 1.27 bits per heavy atom. The number of aliphatic hydroxyl groups excluding tert-OH is 1. The number of carbonyl (C=O) groups is 2. The van der Waals surface area contributed by atoms with Gasteiger partial charge in [0, 0.05) is 37.4 Å². The fourth-order valence-electron chi connectivity index (χ4n) is 1.81. The van der Waals surface area contributed by atoms with Gasteiger partial charge in [0.2, 0.25) is 0 Å². The summed E-state index contributed by atoms with van der Waals surface area (Å²) in [5.74, 6) is -0.794. The van der Waals surface area contributed by atoms with Crippen molar-refractivity contribution in [3.63, 3.8) is 0 Å². The van der Waals surface area contributed by atoms with Crippen LogP contribution in [0.4, 0.5) is 5.69 Å². The van der Waals surface area contributed by atoms with Gasteiger partial charge in [0.1, 0.15) is 0 Å². The normalized spacial score (nSPS) is 10.1. The van der Waals surface area contributed by atoms with Gasteiger partial charge in [-0.2, -0.15) is 0 Å². The maximum atomic E-state index is 12.4. The van der Waals surface area contributed by atoms with Crippen LogP contribution in [0.2, 0.25) is 0 Å². The Bertz CT molecular complexity index is 529. The molecule has 0 aliphatic heterocycles. The van der Waals surface area contributed by atoms with Crippen LogP contribution in [0.15, 0.2) is 24.3 Å². The molecule has 0 saturated carbocycles. The molecule has 1 aromatic rings. The van der Waals surface area contributed by atoms with E-state index >= 15 is 0 Å². The molecule has 0 aromatic heterocycles. The van der Waals surface area contributed by atoms with Crippen LogP contribution in [0.5, 0.6) is 0 Å². The molecule has 0 aliphatic carbocycles. The molecule has 1 amide bonds. The fourth-order valence-corrected chi connectivity index (χ4v) is 1.81. The summed E-state index contributed by atoms with van der Waals surface area (Å²) in [5.41, 5.74) is 0.182. The number of nitro benzene ring substituents is 1. The summed E-state index contributed by atoms with van der Waals surface area (Å²) in [7, 11) is 1.26. The molecule has 22 heavy (non-hydrogen) atoms. The van der Waals surface area contributed by atoms with Crippen LogP contribution >= 0.6 is 0 Å². The van der Waals surface area contributed by atoms with E-state index in [0.29, 0.717) is 6.42 Å². The van der Waals surface area contributed by atoms with E-state index in [1.54, 1.807) is 0 Å². The molecular formula is C14H18N2O6. The molecule has 8 heteroatoms. The summed E-state index contributed by atoms with van der Waals surface area (Å²) in [6.07, 6.45) is 0.417. The first-order valence-corrected chi connectivity index (χ1v) is 6.71. The lowest BCUT2D eigenvalue weighted by atomic mass is 10.1. The highest BCUT2D eigenvalue weighted by molar-refractivity contribution is 5.94. The Kier molecular flexibility index (Phi) is 6.97. The second kappa shape index (κ2) is 8.73. The maximum absolute atomic E-state index is 12.4. The molecule has 0 unspecified atom stereocenters. The van der Waals surface area contributed by atoms with E-state index in [1.807, 2.05) is 0 Å². The first-order valence-electron chi connectivity index (χ1n) is 6.71. The molecule has 0 radical (unpaired) electrons. The van der Waals surface area contributed by atoms with Gasteiger partial charge in [-0.1, -0.05) is 0 Å². The summed E-state index contributed by atoms with van der Waals surface area (Å²) >= 11 is 0. The van der Waals surface area contributed by atoms with E-state index in [0.717, 1.165) is 0 Å². The fraction of sp³-hybridized carbons (Fsp3) is 0.429. The number of nitrogens with zero attached hydrogens (tertiary/aromatic N) is 2. The van der Waals surface area contributed by atoms with Crippen LogP contribution in [0.25, 0.3) is 0 Å². The Morgan fingerprint density at radius 3 is 2.41 bits per heavy atom. The predicted octanol–water partition coefficient (Wildman–Crippen LogP) is 0.982. The van der Waals surface area contributed by atoms with Crippen LogP contribution < -0.4 is 0 Å². The van der Waals surface area contributed by atoms with Crippen LogP contribution in [0.1, 0.15) is 23.2 Å². The zero-order valence-electron chi connectivity index (χ0n) is 12.2. The molecule has 1 aromatic carbocycles.